The molecule has 100 valence electrons. The van der Waals surface area contributed by atoms with Crippen LogP contribution in [-0.4, -0.2) is 39.5 Å². The third-order valence-corrected chi connectivity index (χ3v) is 5.43. The lowest BCUT2D eigenvalue weighted by atomic mass is 10.1. The van der Waals surface area contributed by atoms with Crippen LogP contribution in [0.15, 0.2) is 35.2 Å². The van der Waals surface area contributed by atoms with Gasteiger partial charge in [-0.2, -0.15) is 0 Å². The average molecular weight is 269 g/mol. The Balaban J connectivity index is 2.27. The Hall–Kier alpha value is -0.910. The van der Waals surface area contributed by atoms with Crippen molar-refractivity contribution in [2.24, 2.45) is 0 Å². The molecule has 1 saturated heterocycles. The lowest BCUT2D eigenvalue weighted by molar-refractivity contribution is 0.0812. The molecule has 0 spiro atoms. The molecular weight excluding hydrogens is 250 g/mol. The topological polar surface area (TPSA) is 55.4 Å². The molecule has 0 bridgehead atoms. The molecule has 1 heterocycles. The third-order valence-electron chi connectivity index (χ3n) is 3.24. The minimum absolute atomic E-state index is 0.0195. The van der Waals surface area contributed by atoms with E-state index in [1.807, 2.05) is 13.0 Å². The highest BCUT2D eigenvalue weighted by molar-refractivity contribution is 7.92. The van der Waals surface area contributed by atoms with Crippen molar-refractivity contribution in [3.63, 3.8) is 0 Å². The Morgan fingerprint density at radius 3 is 2.72 bits per heavy atom. The summed E-state index contributed by atoms with van der Waals surface area (Å²) in [4.78, 5) is 0.378. The Bertz CT molecular complexity index is 470. The second kappa shape index (κ2) is 5.82. The molecule has 4 nitrogen and oxygen atoms in total. The summed E-state index contributed by atoms with van der Waals surface area (Å²) in [6.45, 7) is 3.65. The van der Waals surface area contributed by atoms with Crippen molar-refractivity contribution in [2.45, 2.75) is 29.5 Å². The number of nitrogens with one attached hydrogen (secondary N) is 1. The summed E-state index contributed by atoms with van der Waals surface area (Å²) < 4.78 is 30.5. The molecule has 2 rings (SSSR count). The number of sulfone groups is 1. The van der Waals surface area contributed by atoms with Crippen molar-refractivity contribution < 1.29 is 13.2 Å². The maximum absolute atomic E-state index is 12.6. The van der Waals surface area contributed by atoms with Crippen LogP contribution in [0.2, 0.25) is 0 Å². The Kier molecular flexibility index (Phi) is 4.37. The summed E-state index contributed by atoms with van der Waals surface area (Å²) in [7, 11) is -3.32. The maximum atomic E-state index is 12.6. The number of ether oxygens (including phenoxy) is 1. The average Bonchev–Trinajstić information content (AvgIpc) is 2.41. The van der Waals surface area contributed by atoms with Crippen molar-refractivity contribution in [1.82, 2.24) is 5.32 Å². The highest BCUT2D eigenvalue weighted by Gasteiger charge is 2.36. The zero-order chi connectivity index (χ0) is 13.0. The fourth-order valence-corrected chi connectivity index (χ4v) is 4.12. The van der Waals surface area contributed by atoms with E-state index in [1.54, 1.807) is 24.3 Å². The Morgan fingerprint density at radius 2 is 2.06 bits per heavy atom. The largest absolute Gasteiger partial charge is 0.380 e. The van der Waals surface area contributed by atoms with Crippen LogP contribution in [0.1, 0.15) is 13.3 Å². The van der Waals surface area contributed by atoms with Gasteiger partial charge >= 0.3 is 0 Å². The molecule has 1 fully saturated rings. The number of benzene rings is 1. The van der Waals surface area contributed by atoms with Gasteiger partial charge in [-0.25, -0.2) is 8.42 Å². The van der Waals surface area contributed by atoms with E-state index in [-0.39, 0.29) is 12.6 Å². The first-order valence-corrected chi connectivity index (χ1v) is 7.81. The first kappa shape index (κ1) is 13.5. The van der Waals surface area contributed by atoms with Crippen molar-refractivity contribution in [3.05, 3.63) is 30.3 Å². The van der Waals surface area contributed by atoms with Gasteiger partial charge in [0.1, 0.15) is 5.25 Å². The molecule has 0 amide bonds. The van der Waals surface area contributed by atoms with Crippen LogP contribution in [0, 0.1) is 0 Å². The maximum Gasteiger partial charge on any atom is 0.185 e. The quantitative estimate of drug-likeness (QED) is 0.893. The number of hydrogen-bond acceptors (Lipinski definition) is 4. The van der Waals surface area contributed by atoms with Gasteiger partial charge in [-0.3, -0.25) is 0 Å². The molecular formula is C13H19NO3S. The molecule has 1 aliphatic rings. The highest BCUT2D eigenvalue weighted by Crippen LogP contribution is 2.22. The van der Waals surface area contributed by atoms with E-state index in [4.69, 9.17) is 4.74 Å². The molecule has 0 saturated carbocycles. The molecule has 5 heteroatoms. The first-order valence-electron chi connectivity index (χ1n) is 6.26. The van der Waals surface area contributed by atoms with E-state index in [9.17, 15) is 8.42 Å². The van der Waals surface area contributed by atoms with Gasteiger partial charge in [0, 0.05) is 12.6 Å². The zero-order valence-electron chi connectivity index (χ0n) is 10.5. The summed E-state index contributed by atoms with van der Waals surface area (Å²) in [5.41, 5.74) is 0. The van der Waals surface area contributed by atoms with Crippen LogP contribution in [0.25, 0.3) is 0 Å². The van der Waals surface area contributed by atoms with Gasteiger partial charge in [0.25, 0.3) is 0 Å². The van der Waals surface area contributed by atoms with Gasteiger partial charge in [0.2, 0.25) is 0 Å². The van der Waals surface area contributed by atoms with E-state index in [2.05, 4.69) is 5.32 Å². The Morgan fingerprint density at radius 1 is 1.33 bits per heavy atom. The van der Waals surface area contributed by atoms with E-state index in [0.29, 0.717) is 11.5 Å². The zero-order valence-corrected chi connectivity index (χ0v) is 11.3. The molecule has 0 aromatic heterocycles. The van der Waals surface area contributed by atoms with Gasteiger partial charge in [-0.1, -0.05) is 25.1 Å². The van der Waals surface area contributed by atoms with Crippen LogP contribution < -0.4 is 5.32 Å². The SMILES string of the molecule is CCNC1CCOCC1S(=O)(=O)c1ccccc1. The second-order valence-electron chi connectivity index (χ2n) is 4.42. The molecule has 18 heavy (non-hydrogen) atoms. The van der Waals surface area contributed by atoms with Gasteiger partial charge in [0.05, 0.1) is 11.5 Å². The minimum Gasteiger partial charge on any atom is -0.380 e. The molecule has 1 aromatic rings. The molecule has 1 aromatic carbocycles. The van der Waals surface area contributed by atoms with E-state index in [1.165, 1.54) is 0 Å². The van der Waals surface area contributed by atoms with Crippen LogP contribution in [-0.2, 0) is 14.6 Å². The highest BCUT2D eigenvalue weighted by atomic mass is 32.2. The van der Waals surface area contributed by atoms with Gasteiger partial charge in [-0.15, -0.1) is 0 Å². The molecule has 2 unspecified atom stereocenters. The van der Waals surface area contributed by atoms with Gasteiger partial charge in [-0.05, 0) is 25.1 Å². The number of hydrogen-bond donors (Lipinski definition) is 1. The first-order chi connectivity index (χ1) is 8.66. The monoisotopic (exact) mass is 269 g/mol. The predicted molar refractivity (Wildman–Crippen MR) is 70.3 cm³/mol. The Labute approximate surface area is 108 Å². The molecule has 1 aliphatic heterocycles. The van der Waals surface area contributed by atoms with Crippen molar-refractivity contribution in [3.8, 4) is 0 Å². The summed E-state index contributed by atoms with van der Waals surface area (Å²) in [6, 6.07) is 8.59. The predicted octanol–water partition coefficient (Wildman–Crippen LogP) is 1.23. The van der Waals surface area contributed by atoms with Gasteiger partial charge in [0.15, 0.2) is 9.84 Å². The fraction of sp³-hybridized carbons (Fsp3) is 0.538. The van der Waals surface area contributed by atoms with Crippen LogP contribution in [0.5, 0.6) is 0 Å². The lowest BCUT2D eigenvalue weighted by Gasteiger charge is -2.31. The summed E-state index contributed by atoms with van der Waals surface area (Å²) in [6.07, 6.45) is 0.741. The lowest BCUT2D eigenvalue weighted by Crippen LogP contribution is -2.50. The van der Waals surface area contributed by atoms with Crippen molar-refractivity contribution in [1.29, 1.82) is 0 Å². The normalized spacial score (nSPS) is 24.9. The molecule has 0 aliphatic carbocycles. The van der Waals surface area contributed by atoms with Crippen molar-refractivity contribution in [2.75, 3.05) is 19.8 Å². The van der Waals surface area contributed by atoms with E-state index >= 15 is 0 Å². The van der Waals surface area contributed by atoms with E-state index in [0.717, 1.165) is 13.0 Å². The van der Waals surface area contributed by atoms with Crippen LogP contribution in [0.3, 0.4) is 0 Å². The summed E-state index contributed by atoms with van der Waals surface area (Å²) in [5, 5.41) is 2.76. The molecule has 1 N–H and O–H groups in total. The fourth-order valence-electron chi connectivity index (χ4n) is 2.30. The van der Waals surface area contributed by atoms with Crippen LogP contribution in [0.4, 0.5) is 0 Å². The summed E-state index contributed by atoms with van der Waals surface area (Å²) in [5.74, 6) is 0. The second-order valence-corrected chi connectivity index (χ2v) is 6.59. The number of rotatable bonds is 4. The molecule has 0 radical (unpaired) electrons. The van der Waals surface area contributed by atoms with E-state index < -0.39 is 15.1 Å². The van der Waals surface area contributed by atoms with Crippen LogP contribution >= 0.6 is 0 Å². The standard InChI is InChI=1S/C13H19NO3S/c1-2-14-12-8-9-17-10-13(12)18(15,16)11-6-4-3-5-7-11/h3-7,12-14H,2,8-10H2,1H3. The summed E-state index contributed by atoms with van der Waals surface area (Å²) >= 11 is 0. The third kappa shape index (κ3) is 2.74. The van der Waals surface area contributed by atoms with Crippen molar-refractivity contribution >= 4 is 9.84 Å². The molecule has 2 atom stereocenters. The minimum atomic E-state index is -3.32. The van der Waals surface area contributed by atoms with Gasteiger partial charge < -0.3 is 10.1 Å². The smallest absolute Gasteiger partial charge is 0.185 e.